The molecule has 1 aliphatic rings. The van der Waals surface area contributed by atoms with Crippen LogP contribution >= 0.6 is 11.6 Å². The molecule has 0 spiro atoms. The van der Waals surface area contributed by atoms with Crippen LogP contribution in [0.2, 0.25) is 5.02 Å². The summed E-state index contributed by atoms with van der Waals surface area (Å²) < 4.78 is 0. The molecule has 1 aliphatic carbocycles. The minimum Gasteiger partial charge on any atom is -0.328 e. The highest BCUT2D eigenvalue weighted by atomic mass is 35.5. The predicted molar refractivity (Wildman–Crippen MR) is 65.6 cm³/mol. The molecule has 0 aliphatic heterocycles. The number of halogens is 1. The summed E-state index contributed by atoms with van der Waals surface area (Å²) in [6.45, 7) is 0. The first kappa shape index (κ1) is 11.4. The van der Waals surface area contributed by atoms with Gasteiger partial charge in [-0.15, -0.1) is 0 Å². The second kappa shape index (κ2) is 4.44. The number of hydrogen-bond donors (Lipinski definition) is 1. The van der Waals surface area contributed by atoms with E-state index in [2.05, 4.69) is 0 Å². The fourth-order valence-corrected chi connectivity index (χ4v) is 2.06. The predicted octanol–water partition coefficient (Wildman–Crippen LogP) is 2.04. The number of amides is 1. The molecule has 86 valence electrons. The SMILES string of the molecule is CN(C(=O)C1CC(N)C1)c1ccc(Cl)cc1. The summed E-state index contributed by atoms with van der Waals surface area (Å²) in [5, 5.41) is 0.676. The number of nitrogens with zero attached hydrogens (tertiary/aromatic N) is 1. The quantitative estimate of drug-likeness (QED) is 0.857. The van der Waals surface area contributed by atoms with Crippen LogP contribution in [0.1, 0.15) is 12.8 Å². The summed E-state index contributed by atoms with van der Waals surface area (Å²) in [7, 11) is 1.79. The number of rotatable bonds is 2. The topological polar surface area (TPSA) is 46.3 Å². The highest BCUT2D eigenvalue weighted by Gasteiger charge is 2.34. The van der Waals surface area contributed by atoms with Crippen molar-refractivity contribution in [3.63, 3.8) is 0 Å². The maximum absolute atomic E-state index is 12.0. The number of carbonyl (C=O) groups excluding carboxylic acids is 1. The van der Waals surface area contributed by atoms with Gasteiger partial charge in [0, 0.05) is 29.7 Å². The molecule has 4 heteroatoms. The van der Waals surface area contributed by atoms with Crippen LogP contribution in [0.15, 0.2) is 24.3 Å². The molecule has 0 saturated heterocycles. The zero-order valence-electron chi connectivity index (χ0n) is 9.19. The van der Waals surface area contributed by atoms with Crippen LogP contribution in [0.25, 0.3) is 0 Å². The summed E-state index contributed by atoms with van der Waals surface area (Å²) in [5.41, 5.74) is 6.55. The van der Waals surface area contributed by atoms with Crippen molar-refractivity contribution in [1.29, 1.82) is 0 Å². The van der Waals surface area contributed by atoms with Crippen molar-refractivity contribution in [1.82, 2.24) is 0 Å². The molecular formula is C12H15ClN2O. The number of anilines is 1. The molecule has 0 heterocycles. The van der Waals surface area contributed by atoms with Crippen molar-refractivity contribution < 1.29 is 4.79 Å². The van der Waals surface area contributed by atoms with Crippen molar-refractivity contribution >= 4 is 23.2 Å². The molecule has 2 rings (SSSR count). The Morgan fingerprint density at radius 3 is 2.44 bits per heavy atom. The molecule has 0 radical (unpaired) electrons. The van der Waals surface area contributed by atoms with Gasteiger partial charge in [-0.3, -0.25) is 4.79 Å². The zero-order valence-corrected chi connectivity index (χ0v) is 9.95. The van der Waals surface area contributed by atoms with Crippen molar-refractivity contribution in [2.75, 3.05) is 11.9 Å². The van der Waals surface area contributed by atoms with Gasteiger partial charge in [0.25, 0.3) is 0 Å². The molecule has 1 amide bonds. The van der Waals surface area contributed by atoms with Gasteiger partial charge in [-0.05, 0) is 37.1 Å². The van der Waals surface area contributed by atoms with Crippen LogP contribution in [0.3, 0.4) is 0 Å². The minimum atomic E-state index is 0.0932. The standard InChI is InChI=1S/C12H15ClN2O/c1-15(11-4-2-9(13)3-5-11)12(16)8-6-10(14)7-8/h2-5,8,10H,6-7,14H2,1H3. The highest BCUT2D eigenvalue weighted by molar-refractivity contribution is 6.30. The van der Waals surface area contributed by atoms with Crippen LogP contribution in [0.5, 0.6) is 0 Å². The number of nitrogens with two attached hydrogens (primary N) is 1. The van der Waals surface area contributed by atoms with Crippen LogP contribution in [0, 0.1) is 5.92 Å². The van der Waals surface area contributed by atoms with Gasteiger partial charge in [-0.2, -0.15) is 0 Å². The Kier molecular flexibility index (Phi) is 3.17. The number of benzene rings is 1. The summed E-state index contributed by atoms with van der Waals surface area (Å²) >= 11 is 5.80. The molecule has 1 aromatic carbocycles. The Morgan fingerprint density at radius 2 is 1.94 bits per heavy atom. The molecule has 0 atom stereocenters. The van der Waals surface area contributed by atoms with E-state index in [4.69, 9.17) is 17.3 Å². The highest BCUT2D eigenvalue weighted by Crippen LogP contribution is 2.29. The fourth-order valence-electron chi connectivity index (χ4n) is 1.93. The number of hydrogen-bond acceptors (Lipinski definition) is 2. The van der Waals surface area contributed by atoms with E-state index in [-0.39, 0.29) is 17.9 Å². The first-order valence-corrected chi connectivity index (χ1v) is 5.74. The molecule has 0 aromatic heterocycles. The van der Waals surface area contributed by atoms with E-state index >= 15 is 0 Å². The average Bonchev–Trinajstić information content (AvgIpc) is 2.24. The Hall–Kier alpha value is -1.06. The van der Waals surface area contributed by atoms with E-state index in [1.54, 1.807) is 24.1 Å². The average molecular weight is 239 g/mol. The van der Waals surface area contributed by atoms with E-state index in [0.29, 0.717) is 5.02 Å². The molecule has 2 N–H and O–H groups in total. The normalized spacial score (nSPS) is 23.7. The largest absolute Gasteiger partial charge is 0.328 e. The second-order valence-corrected chi connectivity index (χ2v) is 4.74. The van der Waals surface area contributed by atoms with Crippen molar-refractivity contribution in [3.05, 3.63) is 29.3 Å². The molecule has 0 unspecified atom stereocenters. The van der Waals surface area contributed by atoms with Crippen molar-refractivity contribution in [2.24, 2.45) is 11.7 Å². The first-order chi connectivity index (χ1) is 7.58. The zero-order chi connectivity index (χ0) is 11.7. The molecule has 1 saturated carbocycles. The Labute approximate surface area is 100 Å². The van der Waals surface area contributed by atoms with E-state index in [9.17, 15) is 4.79 Å². The van der Waals surface area contributed by atoms with Crippen LogP contribution in [-0.4, -0.2) is 19.0 Å². The van der Waals surface area contributed by atoms with E-state index in [1.165, 1.54) is 0 Å². The third kappa shape index (κ3) is 2.20. The first-order valence-electron chi connectivity index (χ1n) is 5.36. The third-order valence-corrected chi connectivity index (χ3v) is 3.32. The molecule has 1 fully saturated rings. The van der Waals surface area contributed by atoms with E-state index in [1.807, 2.05) is 12.1 Å². The van der Waals surface area contributed by atoms with Gasteiger partial charge >= 0.3 is 0 Å². The molecule has 1 aromatic rings. The van der Waals surface area contributed by atoms with Gasteiger partial charge in [0.1, 0.15) is 0 Å². The van der Waals surface area contributed by atoms with Gasteiger partial charge in [-0.1, -0.05) is 11.6 Å². The lowest BCUT2D eigenvalue weighted by Gasteiger charge is -2.34. The summed E-state index contributed by atoms with van der Waals surface area (Å²) in [4.78, 5) is 13.7. The maximum Gasteiger partial charge on any atom is 0.229 e. The fraction of sp³-hybridized carbons (Fsp3) is 0.417. The lowest BCUT2D eigenvalue weighted by Crippen LogP contribution is -2.45. The summed E-state index contributed by atoms with van der Waals surface area (Å²) in [6.07, 6.45) is 1.60. The smallest absolute Gasteiger partial charge is 0.229 e. The molecule has 3 nitrogen and oxygen atoms in total. The monoisotopic (exact) mass is 238 g/mol. The van der Waals surface area contributed by atoms with Crippen molar-refractivity contribution in [2.45, 2.75) is 18.9 Å². The Morgan fingerprint density at radius 1 is 1.38 bits per heavy atom. The van der Waals surface area contributed by atoms with Crippen molar-refractivity contribution in [3.8, 4) is 0 Å². The lowest BCUT2D eigenvalue weighted by molar-refractivity contribution is -0.124. The van der Waals surface area contributed by atoms with Crippen LogP contribution < -0.4 is 10.6 Å². The van der Waals surface area contributed by atoms with Gasteiger partial charge in [0.2, 0.25) is 5.91 Å². The van der Waals surface area contributed by atoms with E-state index in [0.717, 1.165) is 18.5 Å². The number of carbonyl (C=O) groups is 1. The van der Waals surface area contributed by atoms with Crippen LogP contribution in [-0.2, 0) is 4.79 Å². The molecule has 16 heavy (non-hydrogen) atoms. The van der Waals surface area contributed by atoms with Gasteiger partial charge in [-0.25, -0.2) is 0 Å². The minimum absolute atomic E-state index is 0.0932. The maximum atomic E-state index is 12.0. The lowest BCUT2D eigenvalue weighted by atomic mass is 9.80. The third-order valence-electron chi connectivity index (χ3n) is 3.07. The van der Waals surface area contributed by atoms with E-state index < -0.39 is 0 Å². The second-order valence-electron chi connectivity index (χ2n) is 4.30. The molecular weight excluding hydrogens is 224 g/mol. The molecule has 0 bridgehead atoms. The Balaban J connectivity index is 2.04. The Bertz CT molecular complexity index is 385. The van der Waals surface area contributed by atoms with Gasteiger partial charge in [0.05, 0.1) is 0 Å². The summed E-state index contributed by atoms with van der Waals surface area (Å²) in [6, 6.07) is 7.46. The van der Waals surface area contributed by atoms with Gasteiger partial charge in [0.15, 0.2) is 0 Å². The van der Waals surface area contributed by atoms with Crippen LogP contribution in [0.4, 0.5) is 5.69 Å². The van der Waals surface area contributed by atoms with Gasteiger partial charge < -0.3 is 10.6 Å². The summed E-state index contributed by atoms with van der Waals surface area (Å²) in [5.74, 6) is 0.236.